The van der Waals surface area contributed by atoms with Crippen LogP contribution in [0.15, 0.2) is 71.3 Å². The highest BCUT2D eigenvalue weighted by Crippen LogP contribution is 2.22. The summed E-state index contributed by atoms with van der Waals surface area (Å²) in [6.07, 6.45) is 0.582. The molecule has 28 heavy (non-hydrogen) atoms. The van der Waals surface area contributed by atoms with Crippen molar-refractivity contribution in [2.45, 2.75) is 19.6 Å². The van der Waals surface area contributed by atoms with E-state index in [4.69, 9.17) is 20.8 Å². The minimum Gasteiger partial charge on any atom is -0.467 e. The molecular weight excluding hydrogens is 380 g/mol. The molecule has 0 aliphatic carbocycles. The summed E-state index contributed by atoms with van der Waals surface area (Å²) in [5.74, 6) is -0.345. The number of ether oxygens (including phenoxy) is 1. The average Bonchev–Trinajstić information content (AvgIpc) is 3.22. The molecule has 7 heteroatoms. The molecule has 0 fully saturated rings. The summed E-state index contributed by atoms with van der Waals surface area (Å²) in [7, 11) is 0. The molecule has 0 saturated heterocycles. The van der Waals surface area contributed by atoms with Crippen LogP contribution in [0.2, 0.25) is 5.02 Å². The highest BCUT2D eigenvalue weighted by Gasteiger charge is 2.21. The Bertz CT molecular complexity index is 957. The lowest BCUT2D eigenvalue weighted by atomic mass is 10.1. The average molecular weight is 399 g/mol. The topological polar surface area (TPSA) is 80.6 Å². The normalized spacial score (nSPS) is 11.5. The predicted octanol–water partition coefficient (Wildman–Crippen LogP) is 4.73. The second-order valence-electron chi connectivity index (χ2n) is 6.00. The summed E-state index contributed by atoms with van der Waals surface area (Å²) in [4.78, 5) is 24.9. The molecule has 2 aromatic carbocycles. The number of para-hydroxylation sites is 2. The highest BCUT2D eigenvalue weighted by atomic mass is 35.5. The van der Waals surface area contributed by atoms with Crippen LogP contribution in [0.3, 0.4) is 0 Å². The van der Waals surface area contributed by atoms with Crippen molar-refractivity contribution in [2.75, 3.05) is 10.6 Å². The molecule has 6 nitrogen and oxygen atoms in total. The Balaban J connectivity index is 1.63. The predicted molar refractivity (Wildman–Crippen MR) is 107 cm³/mol. The molecule has 0 spiro atoms. The van der Waals surface area contributed by atoms with E-state index >= 15 is 0 Å². The van der Waals surface area contributed by atoms with Crippen molar-refractivity contribution in [2.24, 2.45) is 0 Å². The third-order valence-corrected chi connectivity index (χ3v) is 4.29. The number of benzene rings is 2. The molecule has 0 saturated carbocycles. The smallest absolute Gasteiger partial charge is 0.341 e. The number of carbonyl (C=O) groups is 2. The van der Waals surface area contributed by atoms with Crippen LogP contribution >= 0.6 is 11.6 Å². The molecule has 1 atom stereocenters. The first-order valence-corrected chi connectivity index (χ1v) is 9.04. The maximum atomic E-state index is 12.6. The monoisotopic (exact) mass is 398 g/mol. The fourth-order valence-electron chi connectivity index (χ4n) is 2.49. The summed E-state index contributed by atoms with van der Waals surface area (Å²) in [5, 5.41) is 6.19. The van der Waals surface area contributed by atoms with Crippen LogP contribution in [0.4, 0.5) is 11.4 Å². The van der Waals surface area contributed by atoms with Gasteiger partial charge in [0, 0.05) is 5.69 Å². The number of hydrogen-bond acceptors (Lipinski definition) is 5. The van der Waals surface area contributed by atoms with E-state index in [1.807, 2.05) is 6.07 Å². The van der Waals surface area contributed by atoms with Crippen molar-refractivity contribution in [3.63, 3.8) is 0 Å². The molecule has 0 unspecified atom stereocenters. The largest absolute Gasteiger partial charge is 0.467 e. The van der Waals surface area contributed by atoms with Crippen LogP contribution < -0.4 is 10.6 Å². The third kappa shape index (κ3) is 4.92. The van der Waals surface area contributed by atoms with E-state index in [1.54, 1.807) is 60.9 Å². The standard InChI is InChI=1S/C21H19ClN2O4/c1-14(20(25)24-19-11-5-3-9-17(19)22)28-21(26)16-8-2-4-10-18(16)23-13-15-7-6-12-27-15/h2-12,14,23H,13H2,1H3,(H,24,25)/t14-/m0/s1. The number of amides is 1. The Labute approximate surface area is 167 Å². The van der Waals surface area contributed by atoms with Gasteiger partial charge in [0.1, 0.15) is 5.76 Å². The lowest BCUT2D eigenvalue weighted by molar-refractivity contribution is -0.123. The van der Waals surface area contributed by atoms with E-state index in [1.165, 1.54) is 6.92 Å². The minimum atomic E-state index is -0.998. The molecule has 144 valence electrons. The van der Waals surface area contributed by atoms with Crippen LogP contribution in [0.5, 0.6) is 0 Å². The van der Waals surface area contributed by atoms with Gasteiger partial charge in [0.2, 0.25) is 0 Å². The number of hydrogen-bond donors (Lipinski definition) is 2. The summed E-state index contributed by atoms with van der Waals surface area (Å²) in [6.45, 7) is 1.92. The SMILES string of the molecule is C[C@H](OC(=O)c1ccccc1NCc1ccco1)C(=O)Nc1ccccc1Cl. The number of rotatable bonds is 7. The van der Waals surface area contributed by atoms with Gasteiger partial charge in [-0.2, -0.15) is 0 Å². The van der Waals surface area contributed by atoms with Gasteiger partial charge in [-0.25, -0.2) is 4.79 Å². The molecule has 1 aromatic heterocycles. The van der Waals surface area contributed by atoms with Gasteiger partial charge in [-0.15, -0.1) is 0 Å². The van der Waals surface area contributed by atoms with E-state index in [9.17, 15) is 9.59 Å². The van der Waals surface area contributed by atoms with E-state index in [-0.39, 0.29) is 0 Å². The Morgan fingerprint density at radius 3 is 2.46 bits per heavy atom. The van der Waals surface area contributed by atoms with Gasteiger partial charge in [-0.05, 0) is 43.3 Å². The summed E-state index contributed by atoms with van der Waals surface area (Å²) >= 11 is 6.03. The summed E-state index contributed by atoms with van der Waals surface area (Å²) < 4.78 is 10.6. The lowest BCUT2D eigenvalue weighted by Gasteiger charge is -2.16. The van der Waals surface area contributed by atoms with Crippen molar-refractivity contribution >= 4 is 34.9 Å². The van der Waals surface area contributed by atoms with E-state index < -0.39 is 18.0 Å². The number of furan rings is 1. The minimum absolute atomic E-state index is 0.325. The molecule has 3 aromatic rings. The first kappa shape index (κ1) is 19.5. The number of esters is 1. The summed E-state index contributed by atoms with van der Waals surface area (Å²) in [6, 6.07) is 17.4. The highest BCUT2D eigenvalue weighted by molar-refractivity contribution is 6.33. The van der Waals surface area contributed by atoms with E-state index in [0.29, 0.717) is 28.5 Å². The molecule has 0 aliphatic heterocycles. The molecular formula is C21H19ClN2O4. The zero-order valence-corrected chi connectivity index (χ0v) is 15.9. The Morgan fingerprint density at radius 2 is 1.75 bits per heavy atom. The fourth-order valence-corrected chi connectivity index (χ4v) is 2.67. The number of halogens is 1. The Hall–Kier alpha value is -3.25. The van der Waals surface area contributed by atoms with Gasteiger partial charge in [0.25, 0.3) is 5.91 Å². The van der Waals surface area contributed by atoms with Gasteiger partial charge in [0.15, 0.2) is 6.10 Å². The summed E-state index contributed by atoms with van der Waals surface area (Å²) in [5.41, 5.74) is 1.37. The van der Waals surface area contributed by atoms with Crippen LogP contribution in [-0.2, 0) is 16.1 Å². The lowest BCUT2D eigenvalue weighted by Crippen LogP contribution is -2.30. The first-order chi connectivity index (χ1) is 13.5. The molecule has 0 aliphatic rings. The van der Waals surface area contributed by atoms with Crippen LogP contribution in [0.25, 0.3) is 0 Å². The van der Waals surface area contributed by atoms with E-state index in [0.717, 1.165) is 5.76 Å². The third-order valence-electron chi connectivity index (χ3n) is 3.96. The second-order valence-corrected chi connectivity index (χ2v) is 6.40. The van der Waals surface area contributed by atoms with Gasteiger partial charge in [0.05, 0.1) is 29.1 Å². The van der Waals surface area contributed by atoms with Crippen molar-refractivity contribution in [1.82, 2.24) is 0 Å². The second kappa shape index (κ2) is 9.10. The molecule has 0 radical (unpaired) electrons. The number of nitrogens with one attached hydrogen (secondary N) is 2. The molecule has 2 N–H and O–H groups in total. The van der Waals surface area contributed by atoms with Gasteiger partial charge >= 0.3 is 5.97 Å². The maximum absolute atomic E-state index is 12.6. The molecule has 0 bridgehead atoms. The fraction of sp³-hybridized carbons (Fsp3) is 0.143. The zero-order valence-electron chi connectivity index (χ0n) is 15.1. The Morgan fingerprint density at radius 1 is 1.04 bits per heavy atom. The van der Waals surface area contributed by atoms with Gasteiger partial charge in [-0.1, -0.05) is 35.9 Å². The first-order valence-electron chi connectivity index (χ1n) is 8.66. The number of anilines is 2. The van der Waals surface area contributed by atoms with Gasteiger partial charge < -0.3 is 19.8 Å². The Kier molecular flexibility index (Phi) is 6.34. The molecule has 3 rings (SSSR count). The van der Waals surface area contributed by atoms with Crippen LogP contribution in [0.1, 0.15) is 23.0 Å². The van der Waals surface area contributed by atoms with Crippen molar-refractivity contribution in [3.8, 4) is 0 Å². The van der Waals surface area contributed by atoms with Crippen LogP contribution in [0, 0.1) is 0 Å². The quantitative estimate of drug-likeness (QED) is 0.562. The molecule has 1 amide bonds. The van der Waals surface area contributed by atoms with Crippen molar-refractivity contribution in [3.05, 3.63) is 83.3 Å². The van der Waals surface area contributed by atoms with Crippen molar-refractivity contribution in [1.29, 1.82) is 0 Å². The number of carbonyl (C=O) groups excluding carboxylic acids is 2. The zero-order chi connectivity index (χ0) is 19.9. The van der Waals surface area contributed by atoms with E-state index in [2.05, 4.69) is 10.6 Å². The van der Waals surface area contributed by atoms with Gasteiger partial charge in [-0.3, -0.25) is 4.79 Å². The van der Waals surface area contributed by atoms with Crippen LogP contribution in [-0.4, -0.2) is 18.0 Å². The van der Waals surface area contributed by atoms with Crippen molar-refractivity contribution < 1.29 is 18.7 Å². The maximum Gasteiger partial charge on any atom is 0.341 e. The molecule has 1 heterocycles.